The number of para-hydroxylation sites is 2. The van der Waals surface area contributed by atoms with E-state index in [1.807, 2.05) is 80.3 Å². The monoisotopic (exact) mass is 441 g/mol. The van der Waals surface area contributed by atoms with Crippen LogP contribution in [0.5, 0.6) is 28.7 Å². The molecule has 0 heterocycles. The third kappa shape index (κ3) is 4.44. The van der Waals surface area contributed by atoms with Crippen LogP contribution in [0.2, 0.25) is 0 Å². The van der Waals surface area contributed by atoms with Gasteiger partial charge in [0.15, 0.2) is 5.75 Å². The van der Waals surface area contributed by atoms with Crippen LogP contribution in [0.1, 0.15) is 22.3 Å². The lowest BCUT2D eigenvalue weighted by Gasteiger charge is -2.28. The van der Waals surface area contributed by atoms with E-state index < -0.39 is 0 Å². The van der Waals surface area contributed by atoms with Crippen LogP contribution in [0.3, 0.4) is 0 Å². The van der Waals surface area contributed by atoms with E-state index >= 15 is 0 Å². The third-order valence-corrected chi connectivity index (χ3v) is 5.70. The average molecular weight is 442 g/mol. The van der Waals surface area contributed by atoms with Gasteiger partial charge in [-0.25, -0.2) is 0 Å². The Balaban J connectivity index is 1.90. The maximum atomic E-state index is 10.4. The maximum absolute atomic E-state index is 10.4. The molecule has 0 spiro atoms. The van der Waals surface area contributed by atoms with Crippen molar-refractivity contribution < 1.29 is 20.1 Å². The zero-order valence-corrected chi connectivity index (χ0v) is 19.1. The first-order valence-electron chi connectivity index (χ1n) is 10.7. The summed E-state index contributed by atoms with van der Waals surface area (Å²) < 4.78 is 6.31. The number of rotatable bonds is 5. The molecule has 0 aromatic heterocycles. The van der Waals surface area contributed by atoms with Crippen molar-refractivity contribution in [1.82, 2.24) is 0 Å². The van der Waals surface area contributed by atoms with E-state index in [1.165, 1.54) is 0 Å². The Kier molecular flexibility index (Phi) is 5.88. The fourth-order valence-corrected chi connectivity index (χ4v) is 3.66. The van der Waals surface area contributed by atoms with Gasteiger partial charge in [0.05, 0.1) is 5.69 Å². The number of benzene rings is 4. The Morgan fingerprint density at radius 3 is 1.76 bits per heavy atom. The van der Waals surface area contributed by atoms with Crippen LogP contribution >= 0.6 is 0 Å². The van der Waals surface area contributed by atoms with Gasteiger partial charge < -0.3 is 25.0 Å². The first-order valence-corrected chi connectivity index (χ1v) is 10.7. The predicted octanol–water partition coefficient (Wildman–Crippen LogP) is 7.30. The highest BCUT2D eigenvalue weighted by molar-refractivity contribution is 5.81. The van der Waals surface area contributed by atoms with E-state index in [1.54, 1.807) is 25.1 Å². The van der Waals surface area contributed by atoms with Gasteiger partial charge in [-0.05, 0) is 80.8 Å². The molecule has 0 unspecified atom stereocenters. The minimum absolute atomic E-state index is 0.172. The number of anilines is 3. The zero-order chi connectivity index (χ0) is 23.7. The van der Waals surface area contributed by atoms with Gasteiger partial charge in [0, 0.05) is 29.1 Å². The number of aromatic hydroxyl groups is 3. The van der Waals surface area contributed by atoms with E-state index in [2.05, 4.69) is 0 Å². The molecule has 3 N–H and O–H groups in total. The minimum atomic E-state index is 0.172. The highest BCUT2D eigenvalue weighted by Gasteiger charge is 2.20. The summed E-state index contributed by atoms with van der Waals surface area (Å²) in [5, 5.41) is 31.1. The lowest BCUT2D eigenvalue weighted by atomic mass is 10.1. The number of aryl methyl sites for hydroxylation is 3. The van der Waals surface area contributed by atoms with Crippen LogP contribution in [0.15, 0.2) is 72.8 Å². The summed E-state index contributed by atoms with van der Waals surface area (Å²) >= 11 is 0. The molecule has 0 amide bonds. The topological polar surface area (TPSA) is 73.2 Å². The third-order valence-electron chi connectivity index (χ3n) is 5.70. The summed E-state index contributed by atoms with van der Waals surface area (Å²) in [4.78, 5) is 1.92. The maximum Gasteiger partial charge on any atom is 0.151 e. The van der Waals surface area contributed by atoms with E-state index in [0.29, 0.717) is 34.1 Å². The van der Waals surface area contributed by atoms with Gasteiger partial charge in [-0.3, -0.25) is 0 Å². The number of hydrogen-bond acceptors (Lipinski definition) is 5. The molecule has 0 aliphatic rings. The molecule has 4 aromatic carbocycles. The van der Waals surface area contributed by atoms with Crippen molar-refractivity contribution in [3.8, 4) is 28.7 Å². The number of nitrogens with zero attached hydrogens (tertiary/aromatic N) is 1. The van der Waals surface area contributed by atoms with Crippen LogP contribution in [0, 0.1) is 27.7 Å². The molecular formula is C28H27NO4. The van der Waals surface area contributed by atoms with Crippen molar-refractivity contribution in [2.24, 2.45) is 0 Å². The first-order chi connectivity index (χ1) is 15.7. The van der Waals surface area contributed by atoms with Crippen LogP contribution in [0.25, 0.3) is 0 Å². The molecule has 33 heavy (non-hydrogen) atoms. The lowest BCUT2D eigenvalue weighted by Crippen LogP contribution is -2.11. The van der Waals surface area contributed by atoms with E-state index in [9.17, 15) is 15.3 Å². The zero-order valence-electron chi connectivity index (χ0n) is 19.1. The summed E-state index contributed by atoms with van der Waals surface area (Å²) in [6, 6.07) is 22.0. The number of phenolic OH excluding ortho intramolecular Hbond substituents is 3. The number of ether oxygens (including phenoxy) is 1. The molecule has 168 valence electrons. The SMILES string of the molecule is Cc1cc(O)c(C)c(Oc2ccccc2N(c2ccc(C)c(O)c2)c2ccc(C)c(O)c2)c1. The van der Waals surface area contributed by atoms with Crippen molar-refractivity contribution >= 4 is 17.1 Å². The van der Waals surface area contributed by atoms with Gasteiger partial charge in [-0.2, -0.15) is 0 Å². The molecule has 0 saturated carbocycles. The Morgan fingerprint density at radius 1 is 0.606 bits per heavy atom. The Bertz CT molecular complexity index is 1280. The number of phenols is 3. The molecule has 0 aliphatic heterocycles. The molecule has 0 aliphatic carbocycles. The van der Waals surface area contributed by atoms with Gasteiger partial charge >= 0.3 is 0 Å². The molecular weight excluding hydrogens is 414 g/mol. The molecule has 0 atom stereocenters. The highest BCUT2D eigenvalue weighted by atomic mass is 16.5. The average Bonchev–Trinajstić information content (AvgIpc) is 2.78. The van der Waals surface area contributed by atoms with Crippen LogP contribution in [0.4, 0.5) is 17.1 Å². The standard InChI is InChI=1S/C28H27NO4/c1-17-13-26(32)20(4)28(14-17)33-27-8-6-5-7-23(27)29(21-11-9-18(2)24(30)15-21)22-12-10-19(3)25(31)16-22/h5-16,30-32H,1-4H3. The van der Waals surface area contributed by atoms with Gasteiger partial charge in [0.25, 0.3) is 0 Å². The second-order valence-corrected chi connectivity index (χ2v) is 8.25. The normalized spacial score (nSPS) is 10.8. The van der Waals surface area contributed by atoms with Crippen molar-refractivity contribution in [3.63, 3.8) is 0 Å². The van der Waals surface area contributed by atoms with Gasteiger partial charge in [-0.1, -0.05) is 24.3 Å². The summed E-state index contributed by atoms with van der Waals surface area (Å²) in [5.74, 6) is 1.63. The summed E-state index contributed by atoms with van der Waals surface area (Å²) in [6.45, 7) is 7.38. The molecule has 0 saturated heterocycles. The Hall–Kier alpha value is -4.12. The van der Waals surface area contributed by atoms with Crippen LogP contribution in [-0.2, 0) is 0 Å². The van der Waals surface area contributed by atoms with E-state index in [-0.39, 0.29) is 17.2 Å². The molecule has 4 rings (SSSR count). The Morgan fingerprint density at radius 2 is 1.18 bits per heavy atom. The van der Waals surface area contributed by atoms with Crippen LogP contribution in [-0.4, -0.2) is 15.3 Å². The summed E-state index contributed by atoms with van der Waals surface area (Å²) in [5.41, 5.74) is 5.19. The second-order valence-electron chi connectivity index (χ2n) is 8.25. The van der Waals surface area contributed by atoms with Gasteiger partial charge in [0.1, 0.15) is 23.0 Å². The lowest BCUT2D eigenvalue weighted by molar-refractivity contribution is 0.448. The Labute approximate surface area is 193 Å². The summed E-state index contributed by atoms with van der Waals surface area (Å²) in [6.07, 6.45) is 0. The minimum Gasteiger partial charge on any atom is -0.508 e. The second kappa shape index (κ2) is 8.79. The van der Waals surface area contributed by atoms with E-state index in [0.717, 1.165) is 16.7 Å². The molecule has 5 heteroatoms. The van der Waals surface area contributed by atoms with Crippen molar-refractivity contribution in [2.45, 2.75) is 27.7 Å². The quantitative estimate of drug-likeness (QED) is 0.303. The van der Waals surface area contributed by atoms with Crippen LogP contribution < -0.4 is 9.64 Å². The smallest absolute Gasteiger partial charge is 0.151 e. The van der Waals surface area contributed by atoms with Crippen molar-refractivity contribution in [1.29, 1.82) is 0 Å². The van der Waals surface area contributed by atoms with E-state index in [4.69, 9.17) is 4.74 Å². The first kappa shape index (κ1) is 22.1. The molecule has 5 nitrogen and oxygen atoms in total. The van der Waals surface area contributed by atoms with Gasteiger partial charge in [0.2, 0.25) is 0 Å². The molecule has 4 aromatic rings. The van der Waals surface area contributed by atoms with Crippen molar-refractivity contribution in [3.05, 3.63) is 95.1 Å². The summed E-state index contributed by atoms with van der Waals surface area (Å²) in [7, 11) is 0. The molecule has 0 bridgehead atoms. The van der Waals surface area contributed by atoms with Gasteiger partial charge in [-0.15, -0.1) is 0 Å². The predicted molar refractivity (Wildman–Crippen MR) is 132 cm³/mol. The fraction of sp³-hybridized carbons (Fsp3) is 0.143. The molecule has 0 radical (unpaired) electrons. The molecule has 0 fully saturated rings. The number of hydrogen-bond donors (Lipinski definition) is 3. The largest absolute Gasteiger partial charge is 0.508 e. The van der Waals surface area contributed by atoms with Crippen molar-refractivity contribution in [2.75, 3.05) is 4.90 Å². The fourth-order valence-electron chi connectivity index (χ4n) is 3.66. The highest BCUT2D eigenvalue weighted by Crippen LogP contribution is 2.44.